The Labute approximate surface area is 152 Å². The van der Waals surface area contributed by atoms with Crippen molar-refractivity contribution >= 4 is 5.91 Å². The number of carbonyl (C=O) groups excluding carboxylic acids is 1. The summed E-state index contributed by atoms with van der Waals surface area (Å²) in [6, 6.07) is 6.12. The van der Waals surface area contributed by atoms with Gasteiger partial charge < -0.3 is 10.0 Å². The fraction of sp³-hybridized carbons (Fsp3) is 0.474. The number of carbonyl (C=O) groups is 1. The van der Waals surface area contributed by atoms with Gasteiger partial charge in [-0.3, -0.25) is 14.4 Å². The Kier molecular flexibility index (Phi) is 5.38. The zero-order valence-corrected chi connectivity index (χ0v) is 15.2. The molecule has 2 aromatic rings. The van der Waals surface area contributed by atoms with Crippen molar-refractivity contribution in [2.24, 2.45) is 7.05 Å². The molecule has 0 saturated carbocycles. The second-order valence-corrected chi connectivity index (χ2v) is 7.18. The molecule has 26 heavy (non-hydrogen) atoms. The maximum atomic E-state index is 13.1. The van der Waals surface area contributed by atoms with Crippen LogP contribution in [0.5, 0.6) is 0 Å². The minimum absolute atomic E-state index is 0.258. The zero-order chi connectivity index (χ0) is 18.7. The van der Waals surface area contributed by atoms with Gasteiger partial charge in [-0.2, -0.15) is 5.10 Å². The molecule has 0 bridgehead atoms. The number of likely N-dealkylation sites (N-methyl/N-ethyl adjacent to an activating group) is 1. The van der Waals surface area contributed by atoms with Crippen LogP contribution in [0, 0.1) is 5.82 Å². The quantitative estimate of drug-likeness (QED) is 0.849. The molecule has 1 atom stereocenters. The van der Waals surface area contributed by atoms with Crippen molar-refractivity contribution in [2.45, 2.75) is 31.5 Å². The Balaban J connectivity index is 1.64. The van der Waals surface area contributed by atoms with Gasteiger partial charge in [-0.15, -0.1) is 0 Å². The standard InChI is InChI=1S/C19H25FN4O2/c1-22(11-16-10-21-23(2)12-16)14-19(26)8-3-9-24(18(19)25)13-15-4-6-17(20)7-5-15/h4-7,10,12,26H,3,8-9,11,13-14H2,1-2H3/t19-/m1/s1. The lowest BCUT2D eigenvalue weighted by Gasteiger charge is -2.40. The summed E-state index contributed by atoms with van der Waals surface area (Å²) < 4.78 is 14.8. The number of aromatic nitrogens is 2. The van der Waals surface area contributed by atoms with Gasteiger partial charge in [0, 0.05) is 45.0 Å². The first-order valence-electron chi connectivity index (χ1n) is 8.78. The third-order valence-electron chi connectivity index (χ3n) is 4.73. The molecule has 1 aliphatic heterocycles. The Morgan fingerprint density at radius 3 is 2.69 bits per heavy atom. The smallest absolute Gasteiger partial charge is 0.256 e. The lowest BCUT2D eigenvalue weighted by atomic mass is 9.90. The Bertz CT molecular complexity index is 761. The van der Waals surface area contributed by atoms with E-state index in [9.17, 15) is 14.3 Å². The lowest BCUT2D eigenvalue weighted by Crippen LogP contribution is -2.57. The Hall–Kier alpha value is -2.25. The Morgan fingerprint density at radius 1 is 1.31 bits per heavy atom. The first-order chi connectivity index (χ1) is 12.4. The van der Waals surface area contributed by atoms with Crippen molar-refractivity contribution in [3.8, 4) is 0 Å². The summed E-state index contributed by atoms with van der Waals surface area (Å²) in [6.07, 6.45) is 4.89. The van der Waals surface area contributed by atoms with E-state index in [1.807, 2.05) is 25.2 Å². The first kappa shape index (κ1) is 18.5. The van der Waals surface area contributed by atoms with E-state index in [4.69, 9.17) is 0 Å². The van der Waals surface area contributed by atoms with Gasteiger partial charge in [-0.25, -0.2) is 4.39 Å². The lowest BCUT2D eigenvalue weighted by molar-refractivity contribution is -0.160. The van der Waals surface area contributed by atoms with E-state index in [1.165, 1.54) is 12.1 Å². The number of nitrogens with zero attached hydrogens (tertiary/aromatic N) is 4. The molecule has 2 heterocycles. The first-order valence-corrected chi connectivity index (χ1v) is 8.78. The number of piperidine rings is 1. The molecular weight excluding hydrogens is 335 g/mol. The maximum Gasteiger partial charge on any atom is 0.256 e. The predicted octanol–water partition coefficient (Wildman–Crippen LogP) is 1.54. The van der Waals surface area contributed by atoms with Gasteiger partial charge in [-0.05, 0) is 37.6 Å². The largest absolute Gasteiger partial charge is 0.379 e. The second kappa shape index (κ2) is 7.55. The van der Waals surface area contributed by atoms with Gasteiger partial charge in [0.25, 0.3) is 5.91 Å². The molecule has 6 nitrogen and oxygen atoms in total. The van der Waals surface area contributed by atoms with Crippen LogP contribution in [0.3, 0.4) is 0 Å². The molecule has 1 amide bonds. The van der Waals surface area contributed by atoms with Crippen molar-refractivity contribution in [1.29, 1.82) is 0 Å². The average molecular weight is 360 g/mol. The molecule has 1 N–H and O–H groups in total. The van der Waals surface area contributed by atoms with E-state index >= 15 is 0 Å². The summed E-state index contributed by atoms with van der Waals surface area (Å²) >= 11 is 0. The minimum atomic E-state index is -1.39. The number of hydrogen-bond acceptors (Lipinski definition) is 4. The van der Waals surface area contributed by atoms with Gasteiger partial charge in [0.1, 0.15) is 5.82 Å². The molecule has 0 spiro atoms. The van der Waals surface area contributed by atoms with Gasteiger partial charge in [0.05, 0.1) is 6.20 Å². The molecule has 1 aromatic carbocycles. The number of benzene rings is 1. The summed E-state index contributed by atoms with van der Waals surface area (Å²) in [5, 5.41) is 15.1. The zero-order valence-electron chi connectivity index (χ0n) is 15.2. The molecule has 1 saturated heterocycles. The normalized spacial score (nSPS) is 20.8. The molecule has 1 aliphatic rings. The highest BCUT2D eigenvalue weighted by Gasteiger charge is 2.42. The van der Waals surface area contributed by atoms with E-state index < -0.39 is 5.60 Å². The van der Waals surface area contributed by atoms with Crippen molar-refractivity contribution in [2.75, 3.05) is 20.1 Å². The van der Waals surface area contributed by atoms with Crippen LogP contribution in [0.25, 0.3) is 0 Å². The molecule has 0 unspecified atom stereocenters. The molecular formula is C19H25FN4O2. The van der Waals surface area contributed by atoms with Crippen LogP contribution < -0.4 is 0 Å². The molecule has 0 aliphatic carbocycles. The van der Waals surface area contributed by atoms with E-state index in [0.29, 0.717) is 26.1 Å². The van der Waals surface area contributed by atoms with E-state index in [2.05, 4.69) is 5.10 Å². The van der Waals surface area contributed by atoms with Crippen LogP contribution in [0.4, 0.5) is 4.39 Å². The number of aliphatic hydroxyl groups is 1. The number of halogens is 1. The van der Waals surface area contributed by atoms with Crippen molar-refractivity contribution in [3.63, 3.8) is 0 Å². The number of rotatable bonds is 6. The van der Waals surface area contributed by atoms with Crippen LogP contribution >= 0.6 is 0 Å². The maximum absolute atomic E-state index is 13.1. The number of likely N-dealkylation sites (tertiary alicyclic amines) is 1. The average Bonchev–Trinajstić information content (AvgIpc) is 2.98. The molecule has 7 heteroatoms. The summed E-state index contributed by atoms with van der Waals surface area (Å²) in [7, 11) is 3.74. The number of aryl methyl sites for hydroxylation is 1. The van der Waals surface area contributed by atoms with Crippen LogP contribution in [-0.2, 0) is 24.9 Å². The van der Waals surface area contributed by atoms with Gasteiger partial charge >= 0.3 is 0 Å². The molecule has 3 rings (SSSR count). The van der Waals surface area contributed by atoms with Gasteiger partial charge in [0.2, 0.25) is 0 Å². The van der Waals surface area contributed by atoms with Crippen LogP contribution in [-0.4, -0.2) is 56.3 Å². The van der Waals surface area contributed by atoms with E-state index in [0.717, 1.165) is 17.5 Å². The fourth-order valence-corrected chi connectivity index (χ4v) is 3.54. The third-order valence-corrected chi connectivity index (χ3v) is 4.73. The molecule has 1 aromatic heterocycles. The topological polar surface area (TPSA) is 61.6 Å². The van der Waals surface area contributed by atoms with Crippen LogP contribution in [0.15, 0.2) is 36.7 Å². The van der Waals surface area contributed by atoms with Crippen molar-refractivity contribution in [3.05, 3.63) is 53.6 Å². The van der Waals surface area contributed by atoms with Crippen molar-refractivity contribution in [1.82, 2.24) is 19.6 Å². The van der Waals surface area contributed by atoms with Crippen LogP contribution in [0.2, 0.25) is 0 Å². The summed E-state index contributed by atoms with van der Waals surface area (Å²) in [5.74, 6) is -0.557. The van der Waals surface area contributed by atoms with Crippen molar-refractivity contribution < 1.29 is 14.3 Å². The van der Waals surface area contributed by atoms with Crippen LogP contribution in [0.1, 0.15) is 24.0 Å². The van der Waals surface area contributed by atoms with E-state index in [1.54, 1.807) is 27.9 Å². The highest BCUT2D eigenvalue weighted by atomic mass is 19.1. The Morgan fingerprint density at radius 2 is 2.04 bits per heavy atom. The highest BCUT2D eigenvalue weighted by molar-refractivity contribution is 5.86. The molecule has 0 radical (unpaired) electrons. The minimum Gasteiger partial charge on any atom is -0.379 e. The predicted molar refractivity (Wildman–Crippen MR) is 95.5 cm³/mol. The van der Waals surface area contributed by atoms with Gasteiger partial charge in [-0.1, -0.05) is 12.1 Å². The second-order valence-electron chi connectivity index (χ2n) is 7.18. The SMILES string of the molecule is CN(Cc1cnn(C)c1)C[C@]1(O)CCCN(Cc2ccc(F)cc2)C1=O. The number of hydrogen-bond donors (Lipinski definition) is 1. The van der Waals surface area contributed by atoms with Gasteiger partial charge in [0.15, 0.2) is 5.60 Å². The molecule has 140 valence electrons. The summed E-state index contributed by atoms with van der Waals surface area (Å²) in [5.41, 5.74) is 0.493. The third kappa shape index (κ3) is 4.28. The summed E-state index contributed by atoms with van der Waals surface area (Å²) in [4.78, 5) is 16.5. The molecule has 1 fully saturated rings. The highest BCUT2D eigenvalue weighted by Crippen LogP contribution is 2.25. The summed E-state index contributed by atoms with van der Waals surface area (Å²) in [6.45, 7) is 1.86. The monoisotopic (exact) mass is 360 g/mol. The van der Waals surface area contributed by atoms with E-state index in [-0.39, 0.29) is 18.3 Å². The fourth-order valence-electron chi connectivity index (χ4n) is 3.54. The number of amides is 1.